The first kappa shape index (κ1) is 25.8. The van der Waals surface area contributed by atoms with Gasteiger partial charge >= 0.3 is 0 Å². The van der Waals surface area contributed by atoms with E-state index in [2.05, 4.69) is 76.5 Å². The quantitative estimate of drug-likeness (QED) is 0.190. The Morgan fingerprint density at radius 3 is 2.54 bits per heavy atom. The summed E-state index contributed by atoms with van der Waals surface area (Å²) in [6.07, 6.45) is 2.19. The van der Waals surface area contributed by atoms with Gasteiger partial charge in [-0.15, -0.1) is 0 Å². The second kappa shape index (κ2) is 11.6. The summed E-state index contributed by atoms with van der Waals surface area (Å²) in [5.41, 5.74) is 1.93. The maximum atomic E-state index is 13.1. The van der Waals surface area contributed by atoms with Crippen molar-refractivity contribution in [3.05, 3.63) is 94.0 Å². The lowest BCUT2D eigenvalue weighted by Crippen LogP contribution is -2.22. The van der Waals surface area contributed by atoms with Crippen molar-refractivity contribution >= 4 is 89.8 Å². The molecule has 0 aliphatic carbocycles. The number of fused-ring (bicyclic) bond motifs is 1. The molecule has 0 saturated carbocycles. The van der Waals surface area contributed by atoms with Crippen LogP contribution in [-0.4, -0.2) is 28.4 Å². The van der Waals surface area contributed by atoms with Crippen molar-refractivity contribution in [1.29, 1.82) is 0 Å². The SMILES string of the molecule is CCc1nc2ccc(Br)cc2c(=O)n1N=Cc1cc(I)c(OCC(=O)Nc2ccccc2)c(I)c1. The molecule has 0 fully saturated rings. The minimum Gasteiger partial charge on any atom is -0.482 e. The van der Waals surface area contributed by atoms with Gasteiger partial charge in [-0.1, -0.05) is 41.1 Å². The number of benzene rings is 3. The minimum atomic E-state index is -0.240. The average molecular weight is 757 g/mol. The molecule has 0 unspecified atom stereocenters. The third-order valence-corrected chi connectivity index (χ3v) is 7.04. The van der Waals surface area contributed by atoms with Crippen LogP contribution in [0.3, 0.4) is 0 Å². The van der Waals surface area contributed by atoms with Gasteiger partial charge in [0.2, 0.25) is 0 Å². The van der Waals surface area contributed by atoms with E-state index in [0.717, 1.165) is 17.2 Å². The van der Waals surface area contributed by atoms with Gasteiger partial charge in [0.25, 0.3) is 11.5 Å². The van der Waals surface area contributed by atoms with Crippen molar-refractivity contribution in [2.75, 3.05) is 11.9 Å². The van der Waals surface area contributed by atoms with E-state index in [1.54, 1.807) is 12.3 Å². The van der Waals surface area contributed by atoms with E-state index in [4.69, 9.17) is 4.74 Å². The first-order chi connectivity index (χ1) is 16.9. The van der Waals surface area contributed by atoms with Crippen LogP contribution in [0, 0.1) is 7.14 Å². The van der Waals surface area contributed by atoms with Crippen LogP contribution in [0.2, 0.25) is 0 Å². The molecule has 0 spiro atoms. The second-order valence-electron chi connectivity index (χ2n) is 7.42. The first-order valence-electron chi connectivity index (χ1n) is 10.6. The second-order valence-corrected chi connectivity index (χ2v) is 10.7. The van der Waals surface area contributed by atoms with Crippen LogP contribution in [0.1, 0.15) is 18.3 Å². The molecule has 3 aromatic carbocycles. The fourth-order valence-corrected chi connectivity index (χ4v) is 5.80. The molecule has 0 radical (unpaired) electrons. The molecule has 0 bridgehead atoms. The largest absolute Gasteiger partial charge is 0.482 e. The Morgan fingerprint density at radius 2 is 1.86 bits per heavy atom. The molecule has 7 nitrogen and oxygen atoms in total. The van der Waals surface area contributed by atoms with Crippen molar-refractivity contribution < 1.29 is 9.53 Å². The minimum absolute atomic E-state index is 0.109. The molecule has 1 N–H and O–H groups in total. The van der Waals surface area contributed by atoms with E-state index in [1.165, 1.54) is 4.68 Å². The van der Waals surface area contributed by atoms with Crippen molar-refractivity contribution in [3.63, 3.8) is 0 Å². The molecule has 0 aliphatic heterocycles. The first-order valence-corrected chi connectivity index (χ1v) is 13.5. The number of carbonyl (C=O) groups is 1. The number of ether oxygens (including phenoxy) is 1. The third kappa shape index (κ3) is 6.28. The topological polar surface area (TPSA) is 85.6 Å². The summed E-state index contributed by atoms with van der Waals surface area (Å²) in [5, 5.41) is 7.75. The molecule has 1 amide bonds. The van der Waals surface area contributed by atoms with Crippen LogP contribution in [0.15, 0.2) is 75.0 Å². The Bertz CT molecular complexity index is 1470. The predicted octanol–water partition coefficient (Wildman–Crippen LogP) is 5.83. The van der Waals surface area contributed by atoms with Gasteiger partial charge < -0.3 is 10.1 Å². The molecule has 0 aliphatic rings. The highest BCUT2D eigenvalue weighted by Crippen LogP contribution is 2.28. The Morgan fingerprint density at radius 1 is 1.14 bits per heavy atom. The van der Waals surface area contributed by atoms with E-state index in [0.29, 0.717) is 34.6 Å². The summed E-state index contributed by atoms with van der Waals surface area (Å²) in [6.45, 7) is 1.83. The van der Waals surface area contributed by atoms with Gasteiger partial charge in [-0.3, -0.25) is 9.59 Å². The molecule has 4 rings (SSSR count). The van der Waals surface area contributed by atoms with Gasteiger partial charge in [0.15, 0.2) is 6.61 Å². The number of aromatic nitrogens is 2. The Labute approximate surface area is 237 Å². The number of nitrogens with one attached hydrogen (secondary N) is 1. The fourth-order valence-electron chi connectivity index (χ4n) is 3.32. The molecule has 1 aromatic heterocycles. The van der Waals surface area contributed by atoms with Gasteiger partial charge in [-0.05, 0) is 93.2 Å². The van der Waals surface area contributed by atoms with Crippen LogP contribution < -0.4 is 15.6 Å². The molecule has 1 heterocycles. The molecule has 35 heavy (non-hydrogen) atoms. The predicted molar refractivity (Wildman–Crippen MR) is 159 cm³/mol. The molecule has 178 valence electrons. The van der Waals surface area contributed by atoms with Gasteiger partial charge in [-0.25, -0.2) is 4.98 Å². The fraction of sp³-hybridized carbons (Fsp3) is 0.120. The number of nitrogens with zero attached hydrogens (tertiary/aromatic N) is 3. The van der Waals surface area contributed by atoms with E-state index >= 15 is 0 Å². The van der Waals surface area contributed by atoms with Crippen molar-refractivity contribution in [1.82, 2.24) is 9.66 Å². The van der Waals surface area contributed by atoms with Gasteiger partial charge in [0, 0.05) is 16.6 Å². The van der Waals surface area contributed by atoms with Crippen LogP contribution in [-0.2, 0) is 11.2 Å². The lowest BCUT2D eigenvalue weighted by atomic mass is 10.2. The zero-order valence-electron chi connectivity index (χ0n) is 18.5. The summed E-state index contributed by atoms with van der Waals surface area (Å²) < 4.78 is 9.59. The van der Waals surface area contributed by atoms with Gasteiger partial charge in [0.05, 0.1) is 24.3 Å². The monoisotopic (exact) mass is 756 g/mol. The van der Waals surface area contributed by atoms with Crippen molar-refractivity contribution in [2.24, 2.45) is 5.10 Å². The number of para-hydroxylation sites is 1. The standard InChI is InChI=1S/C25H19BrI2N4O3/c1-2-22-31-21-9-8-16(26)12-18(21)25(34)32(22)29-13-15-10-19(27)24(20(28)11-15)35-14-23(33)30-17-6-4-3-5-7-17/h3-13H,2,14H2,1H3,(H,30,33). The van der Waals surface area contributed by atoms with Crippen molar-refractivity contribution in [2.45, 2.75) is 13.3 Å². The zero-order chi connectivity index (χ0) is 24.9. The zero-order valence-corrected chi connectivity index (χ0v) is 24.4. The normalized spacial score (nSPS) is 11.2. The Hall–Kier alpha value is -2.32. The number of aryl methyl sites for hydroxylation is 1. The molecular weight excluding hydrogens is 738 g/mol. The van der Waals surface area contributed by atoms with Crippen LogP contribution in [0.4, 0.5) is 5.69 Å². The molecule has 0 atom stereocenters. The lowest BCUT2D eigenvalue weighted by molar-refractivity contribution is -0.118. The van der Waals surface area contributed by atoms with Crippen LogP contribution in [0.25, 0.3) is 10.9 Å². The number of halogens is 3. The number of rotatable bonds is 7. The highest BCUT2D eigenvalue weighted by atomic mass is 127. The smallest absolute Gasteiger partial charge is 0.282 e. The maximum absolute atomic E-state index is 13.1. The summed E-state index contributed by atoms with van der Waals surface area (Å²) >= 11 is 7.74. The highest BCUT2D eigenvalue weighted by Gasteiger charge is 2.13. The summed E-state index contributed by atoms with van der Waals surface area (Å²) in [4.78, 5) is 29.9. The van der Waals surface area contributed by atoms with E-state index in [9.17, 15) is 9.59 Å². The number of amides is 1. The highest BCUT2D eigenvalue weighted by molar-refractivity contribution is 14.1. The van der Waals surface area contributed by atoms with Gasteiger partial charge in [-0.2, -0.15) is 9.78 Å². The maximum Gasteiger partial charge on any atom is 0.282 e. The molecule has 4 aromatic rings. The van der Waals surface area contributed by atoms with Crippen LogP contribution >= 0.6 is 61.1 Å². The average Bonchev–Trinajstić information content (AvgIpc) is 2.83. The third-order valence-electron chi connectivity index (χ3n) is 4.94. The summed E-state index contributed by atoms with van der Waals surface area (Å²) in [6, 6.07) is 18.4. The van der Waals surface area contributed by atoms with Crippen molar-refractivity contribution in [3.8, 4) is 5.75 Å². The lowest BCUT2D eigenvalue weighted by Gasteiger charge is -2.12. The summed E-state index contributed by atoms with van der Waals surface area (Å²) in [7, 11) is 0. The van der Waals surface area contributed by atoms with E-state index < -0.39 is 0 Å². The van der Waals surface area contributed by atoms with Gasteiger partial charge in [0.1, 0.15) is 11.6 Å². The summed E-state index contributed by atoms with van der Waals surface area (Å²) in [5.74, 6) is 0.959. The molecular formula is C25H19BrI2N4O3. The van der Waals surface area contributed by atoms with Crippen LogP contribution in [0.5, 0.6) is 5.75 Å². The Kier molecular flexibility index (Phi) is 8.55. The molecule has 10 heteroatoms. The molecule has 0 saturated heterocycles. The van der Waals surface area contributed by atoms with E-state index in [-0.39, 0.29) is 18.1 Å². The number of hydrogen-bond donors (Lipinski definition) is 1. The Balaban J connectivity index is 1.54. The number of hydrogen-bond acceptors (Lipinski definition) is 5. The number of carbonyl (C=O) groups excluding carboxylic acids is 1. The van der Waals surface area contributed by atoms with E-state index in [1.807, 2.05) is 61.5 Å². The number of anilines is 1.